The number of benzene rings is 1. The Morgan fingerprint density at radius 2 is 2.04 bits per heavy atom. The summed E-state index contributed by atoms with van der Waals surface area (Å²) in [5.74, 6) is -1.24. The zero-order valence-corrected chi connectivity index (χ0v) is 13.8. The van der Waals surface area contributed by atoms with Gasteiger partial charge in [0.15, 0.2) is 6.61 Å². The van der Waals surface area contributed by atoms with Gasteiger partial charge in [0.2, 0.25) is 0 Å². The summed E-state index contributed by atoms with van der Waals surface area (Å²) in [6.07, 6.45) is 0. The lowest BCUT2D eigenvalue weighted by atomic mass is 10.1. The second kappa shape index (κ2) is 9.46. The van der Waals surface area contributed by atoms with Crippen LogP contribution in [0.15, 0.2) is 18.2 Å². The van der Waals surface area contributed by atoms with E-state index in [4.69, 9.17) is 9.47 Å². The maximum Gasteiger partial charge on any atom is 0.338 e. The van der Waals surface area contributed by atoms with Crippen LogP contribution in [0.3, 0.4) is 0 Å². The van der Waals surface area contributed by atoms with E-state index in [-0.39, 0.29) is 23.0 Å². The lowest BCUT2D eigenvalue weighted by Gasteiger charge is -2.10. The number of nitro benzene ring substituents is 1. The Kier molecular flexibility index (Phi) is 7.63. The number of esters is 1. The van der Waals surface area contributed by atoms with Gasteiger partial charge in [0.25, 0.3) is 11.6 Å². The van der Waals surface area contributed by atoms with Crippen LogP contribution >= 0.6 is 0 Å². The number of hydrogen-bond acceptors (Lipinski definition) is 7. The van der Waals surface area contributed by atoms with Crippen LogP contribution in [0.2, 0.25) is 0 Å². The van der Waals surface area contributed by atoms with Gasteiger partial charge in [-0.2, -0.15) is 0 Å². The number of nitrogens with zero attached hydrogens (tertiary/aromatic N) is 1. The summed E-state index contributed by atoms with van der Waals surface area (Å²) in [6.45, 7) is 3.87. The Labute approximate surface area is 139 Å². The molecule has 0 atom stereocenters. The molecule has 0 aromatic heterocycles. The minimum atomic E-state index is -0.805. The van der Waals surface area contributed by atoms with Crippen LogP contribution < -0.4 is 10.6 Å². The third-order valence-electron chi connectivity index (χ3n) is 2.84. The standard InChI is InChI=1S/C15H21N3O6/c1-10(2)17-14(19)9-24-15(20)11-4-5-12(16-6-7-23-3)13(8-11)18(21)22/h4-5,8,10,16H,6-7,9H2,1-3H3,(H,17,19). The topological polar surface area (TPSA) is 120 Å². The highest BCUT2D eigenvalue weighted by molar-refractivity contribution is 5.93. The molecule has 24 heavy (non-hydrogen) atoms. The fourth-order valence-corrected chi connectivity index (χ4v) is 1.82. The summed E-state index contributed by atoms with van der Waals surface area (Å²) >= 11 is 0. The van der Waals surface area contributed by atoms with Gasteiger partial charge in [0, 0.05) is 25.8 Å². The van der Waals surface area contributed by atoms with E-state index < -0.39 is 23.4 Å². The number of amides is 1. The normalized spacial score (nSPS) is 10.3. The number of methoxy groups -OCH3 is 1. The molecule has 0 saturated carbocycles. The molecule has 2 N–H and O–H groups in total. The molecular weight excluding hydrogens is 318 g/mol. The van der Waals surface area contributed by atoms with Gasteiger partial charge in [0.1, 0.15) is 5.69 Å². The highest BCUT2D eigenvalue weighted by Gasteiger charge is 2.19. The lowest BCUT2D eigenvalue weighted by Crippen LogP contribution is -2.34. The van der Waals surface area contributed by atoms with Crippen LogP contribution in [0.25, 0.3) is 0 Å². The fraction of sp³-hybridized carbons (Fsp3) is 0.467. The van der Waals surface area contributed by atoms with Crippen LogP contribution in [0.5, 0.6) is 0 Å². The molecule has 1 amide bonds. The predicted molar refractivity (Wildman–Crippen MR) is 87.0 cm³/mol. The van der Waals surface area contributed by atoms with Crippen molar-refractivity contribution in [3.05, 3.63) is 33.9 Å². The maximum atomic E-state index is 11.9. The molecule has 0 aliphatic rings. The smallest absolute Gasteiger partial charge is 0.338 e. The van der Waals surface area contributed by atoms with Gasteiger partial charge in [-0.1, -0.05) is 0 Å². The monoisotopic (exact) mass is 339 g/mol. The molecule has 0 aliphatic heterocycles. The molecule has 1 rings (SSSR count). The van der Waals surface area contributed by atoms with Gasteiger partial charge in [-0.3, -0.25) is 14.9 Å². The quantitative estimate of drug-likeness (QED) is 0.301. The van der Waals surface area contributed by atoms with E-state index in [2.05, 4.69) is 10.6 Å². The first kappa shape index (κ1) is 19.4. The summed E-state index contributed by atoms with van der Waals surface area (Å²) in [5.41, 5.74) is 0.00896. The number of ether oxygens (including phenoxy) is 2. The van der Waals surface area contributed by atoms with Crippen molar-refractivity contribution in [1.29, 1.82) is 0 Å². The Morgan fingerprint density at radius 3 is 2.62 bits per heavy atom. The molecule has 0 fully saturated rings. The maximum absolute atomic E-state index is 11.9. The largest absolute Gasteiger partial charge is 0.452 e. The minimum absolute atomic E-state index is 0.00339. The highest BCUT2D eigenvalue weighted by atomic mass is 16.6. The molecular formula is C15H21N3O6. The SMILES string of the molecule is COCCNc1ccc(C(=O)OCC(=O)NC(C)C)cc1[N+](=O)[O-]. The number of nitrogens with one attached hydrogen (secondary N) is 2. The van der Waals surface area contributed by atoms with Gasteiger partial charge in [-0.05, 0) is 26.0 Å². The average molecular weight is 339 g/mol. The Balaban J connectivity index is 2.77. The van der Waals surface area contributed by atoms with E-state index in [0.717, 1.165) is 6.07 Å². The van der Waals surface area contributed by atoms with Crippen LogP contribution in [-0.4, -0.2) is 49.7 Å². The molecule has 0 aliphatic carbocycles. The Hall–Kier alpha value is -2.68. The second-order valence-electron chi connectivity index (χ2n) is 5.21. The number of carbonyl (C=O) groups is 2. The van der Waals surface area contributed by atoms with Crippen LogP contribution in [0, 0.1) is 10.1 Å². The molecule has 1 aromatic carbocycles. The molecule has 0 heterocycles. The van der Waals surface area contributed by atoms with E-state index in [1.807, 2.05) is 0 Å². The van der Waals surface area contributed by atoms with E-state index in [1.165, 1.54) is 19.2 Å². The van der Waals surface area contributed by atoms with E-state index in [1.54, 1.807) is 13.8 Å². The Morgan fingerprint density at radius 1 is 1.33 bits per heavy atom. The van der Waals surface area contributed by atoms with Gasteiger partial charge >= 0.3 is 5.97 Å². The average Bonchev–Trinajstić information content (AvgIpc) is 2.52. The number of rotatable bonds is 9. The third-order valence-corrected chi connectivity index (χ3v) is 2.84. The first-order valence-corrected chi connectivity index (χ1v) is 7.33. The molecule has 0 saturated heterocycles. The lowest BCUT2D eigenvalue weighted by molar-refractivity contribution is -0.384. The zero-order valence-electron chi connectivity index (χ0n) is 13.8. The van der Waals surface area contributed by atoms with Crippen molar-refractivity contribution < 1.29 is 24.0 Å². The van der Waals surface area contributed by atoms with Gasteiger partial charge in [-0.15, -0.1) is 0 Å². The second-order valence-corrected chi connectivity index (χ2v) is 5.21. The molecule has 132 valence electrons. The highest BCUT2D eigenvalue weighted by Crippen LogP contribution is 2.25. The first-order valence-electron chi connectivity index (χ1n) is 7.33. The van der Waals surface area contributed by atoms with Crippen molar-refractivity contribution in [2.24, 2.45) is 0 Å². The van der Waals surface area contributed by atoms with Crippen LogP contribution in [0.1, 0.15) is 24.2 Å². The number of carbonyl (C=O) groups excluding carboxylic acids is 2. The van der Waals surface area contributed by atoms with Crippen LogP contribution in [-0.2, 0) is 14.3 Å². The summed E-state index contributed by atoms with van der Waals surface area (Å²) in [4.78, 5) is 33.9. The van der Waals surface area contributed by atoms with Crippen molar-refractivity contribution in [1.82, 2.24) is 5.32 Å². The fourth-order valence-electron chi connectivity index (χ4n) is 1.82. The third kappa shape index (κ3) is 6.21. The van der Waals surface area contributed by atoms with Crippen molar-refractivity contribution in [3.8, 4) is 0 Å². The van der Waals surface area contributed by atoms with Crippen molar-refractivity contribution >= 4 is 23.3 Å². The van der Waals surface area contributed by atoms with Gasteiger partial charge < -0.3 is 20.1 Å². The molecule has 0 spiro atoms. The van der Waals surface area contributed by atoms with E-state index in [9.17, 15) is 19.7 Å². The molecule has 9 nitrogen and oxygen atoms in total. The molecule has 0 unspecified atom stereocenters. The summed E-state index contributed by atoms with van der Waals surface area (Å²) in [7, 11) is 1.52. The summed E-state index contributed by atoms with van der Waals surface area (Å²) in [5, 5.41) is 16.6. The zero-order chi connectivity index (χ0) is 18.1. The van der Waals surface area contributed by atoms with Crippen molar-refractivity contribution in [2.45, 2.75) is 19.9 Å². The molecule has 0 radical (unpaired) electrons. The number of anilines is 1. The Bertz CT molecular complexity index is 603. The summed E-state index contributed by atoms with van der Waals surface area (Å²) in [6, 6.07) is 3.84. The number of nitro groups is 1. The molecule has 0 bridgehead atoms. The minimum Gasteiger partial charge on any atom is -0.452 e. The van der Waals surface area contributed by atoms with Crippen molar-refractivity contribution in [3.63, 3.8) is 0 Å². The summed E-state index contributed by atoms with van der Waals surface area (Å²) < 4.78 is 9.71. The van der Waals surface area contributed by atoms with E-state index in [0.29, 0.717) is 13.2 Å². The molecule has 9 heteroatoms. The predicted octanol–water partition coefficient (Wildman–Crippen LogP) is 1.33. The first-order chi connectivity index (χ1) is 11.3. The molecule has 1 aromatic rings. The van der Waals surface area contributed by atoms with Crippen LogP contribution in [0.4, 0.5) is 11.4 Å². The number of hydrogen-bond donors (Lipinski definition) is 2. The van der Waals surface area contributed by atoms with Gasteiger partial charge in [-0.25, -0.2) is 4.79 Å². The van der Waals surface area contributed by atoms with Crippen molar-refractivity contribution in [2.75, 3.05) is 32.2 Å². The van der Waals surface area contributed by atoms with Gasteiger partial charge in [0.05, 0.1) is 17.1 Å². The van der Waals surface area contributed by atoms with E-state index >= 15 is 0 Å².